The third-order valence-corrected chi connectivity index (χ3v) is 2.26. The van der Waals surface area contributed by atoms with Crippen LogP contribution in [0.2, 0.25) is 0 Å². The maximum atomic E-state index is 10.8. The zero-order valence-corrected chi connectivity index (χ0v) is 8.98. The van der Waals surface area contributed by atoms with Crippen molar-refractivity contribution in [1.29, 1.82) is 0 Å². The lowest BCUT2D eigenvalue weighted by molar-refractivity contribution is -0.384. The molecule has 0 amide bonds. The maximum absolute atomic E-state index is 10.8. The van der Waals surface area contributed by atoms with Crippen LogP contribution in [0.3, 0.4) is 0 Å². The molecule has 0 saturated heterocycles. The molecule has 1 heterocycles. The molecule has 0 aliphatic heterocycles. The summed E-state index contributed by atoms with van der Waals surface area (Å²) in [6, 6.07) is 8.70. The van der Waals surface area contributed by atoms with E-state index >= 15 is 0 Å². The zero-order valence-electron chi connectivity index (χ0n) is 8.98. The van der Waals surface area contributed by atoms with Gasteiger partial charge in [-0.25, -0.2) is 4.79 Å². The number of benzene rings is 1. The summed E-state index contributed by atoms with van der Waals surface area (Å²) in [7, 11) is 0. The van der Waals surface area contributed by atoms with Crippen LogP contribution in [0.5, 0.6) is 0 Å². The van der Waals surface area contributed by atoms with Gasteiger partial charge in [0, 0.05) is 6.07 Å². The molecule has 7 nitrogen and oxygen atoms in total. The number of para-hydroxylation sites is 1. The van der Waals surface area contributed by atoms with Crippen molar-refractivity contribution < 1.29 is 14.8 Å². The van der Waals surface area contributed by atoms with Gasteiger partial charge in [-0.3, -0.25) is 10.1 Å². The predicted molar refractivity (Wildman–Crippen MR) is 61.1 cm³/mol. The molecule has 2 rings (SSSR count). The van der Waals surface area contributed by atoms with Crippen molar-refractivity contribution in [2.75, 3.05) is 0 Å². The summed E-state index contributed by atoms with van der Waals surface area (Å²) in [6.45, 7) is 0. The summed E-state index contributed by atoms with van der Waals surface area (Å²) in [5.41, 5.74) is 0.242. The van der Waals surface area contributed by atoms with Crippen molar-refractivity contribution in [2.45, 2.75) is 0 Å². The van der Waals surface area contributed by atoms with Gasteiger partial charge >= 0.3 is 5.97 Å². The molecular weight excluding hydrogens is 238 g/mol. The summed E-state index contributed by atoms with van der Waals surface area (Å²) in [6.07, 6.45) is 0. The normalized spacial score (nSPS) is 10.0. The van der Waals surface area contributed by atoms with E-state index in [1.807, 2.05) is 0 Å². The van der Waals surface area contributed by atoms with E-state index in [2.05, 4.69) is 10.2 Å². The summed E-state index contributed by atoms with van der Waals surface area (Å²) in [5, 5.41) is 26.7. The van der Waals surface area contributed by atoms with Gasteiger partial charge in [-0.15, -0.1) is 10.2 Å². The minimum absolute atomic E-state index is 0.102. The molecule has 90 valence electrons. The first kappa shape index (κ1) is 11.6. The summed E-state index contributed by atoms with van der Waals surface area (Å²) < 4.78 is 0. The first-order valence-electron chi connectivity index (χ1n) is 4.90. The number of nitro groups is 1. The highest BCUT2D eigenvalue weighted by atomic mass is 16.6. The molecular formula is C11H7N3O4. The standard InChI is InChI=1S/C11H7N3O4/c15-11(16)9-6-5-8(12-13-9)7-3-1-2-4-10(7)14(17)18/h1-6H,(H,15,16). The van der Waals surface area contributed by atoms with Crippen molar-refractivity contribution in [3.8, 4) is 11.3 Å². The molecule has 0 fully saturated rings. The molecule has 18 heavy (non-hydrogen) atoms. The Morgan fingerprint density at radius 2 is 1.89 bits per heavy atom. The third-order valence-electron chi connectivity index (χ3n) is 2.26. The van der Waals surface area contributed by atoms with Crippen LogP contribution < -0.4 is 0 Å². The van der Waals surface area contributed by atoms with E-state index in [0.29, 0.717) is 5.56 Å². The number of hydrogen-bond acceptors (Lipinski definition) is 5. The number of hydrogen-bond donors (Lipinski definition) is 1. The Morgan fingerprint density at radius 3 is 2.44 bits per heavy atom. The first-order chi connectivity index (χ1) is 8.59. The molecule has 0 spiro atoms. The fourth-order valence-electron chi connectivity index (χ4n) is 1.44. The van der Waals surface area contributed by atoms with Crippen molar-refractivity contribution in [3.63, 3.8) is 0 Å². The van der Waals surface area contributed by atoms with Gasteiger partial charge in [0.1, 0.15) is 0 Å². The van der Waals surface area contributed by atoms with Gasteiger partial charge < -0.3 is 5.11 Å². The number of aromatic carboxylic acids is 1. The van der Waals surface area contributed by atoms with Gasteiger partial charge in [0.2, 0.25) is 0 Å². The largest absolute Gasteiger partial charge is 0.476 e. The quantitative estimate of drug-likeness (QED) is 0.652. The summed E-state index contributed by atoms with van der Waals surface area (Å²) >= 11 is 0. The number of aromatic nitrogens is 2. The molecule has 0 saturated carbocycles. The molecule has 0 aliphatic carbocycles. The predicted octanol–water partition coefficient (Wildman–Crippen LogP) is 1.75. The fraction of sp³-hybridized carbons (Fsp3) is 0. The van der Waals surface area contributed by atoms with E-state index in [1.54, 1.807) is 12.1 Å². The van der Waals surface area contributed by atoms with E-state index in [4.69, 9.17) is 5.11 Å². The highest BCUT2D eigenvalue weighted by Gasteiger charge is 2.16. The number of carbonyl (C=O) groups is 1. The topological polar surface area (TPSA) is 106 Å². The fourth-order valence-corrected chi connectivity index (χ4v) is 1.44. The molecule has 7 heteroatoms. The van der Waals surface area contributed by atoms with Crippen LogP contribution in [0.1, 0.15) is 10.5 Å². The Hall–Kier alpha value is -2.83. The summed E-state index contributed by atoms with van der Waals surface area (Å²) in [4.78, 5) is 20.9. The van der Waals surface area contributed by atoms with E-state index in [9.17, 15) is 14.9 Å². The minimum atomic E-state index is -1.20. The molecule has 0 bridgehead atoms. The lowest BCUT2D eigenvalue weighted by Gasteiger charge is -2.01. The van der Waals surface area contributed by atoms with Gasteiger partial charge in [-0.1, -0.05) is 12.1 Å². The van der Waals surface area contributed by atoms with Crippen LogP contribution in [0.15, 0.2) is 36.4 Å². The van der Waals surface area contributed by atoms with Gasteiger partial charge in [0.15, 0.2) is 5.69 Å². The van der Waals surface area contributed by atoms with Crippen LogP contribution in [0, 0.1) is 10.1 Å². The molecule has 1 aromatic carbocycles. The van der Waals surface area contributed by atoms with Crippen LogP contribution in [0.25, 0.3) is 11.3 Å². The Morgan fingerprint density at radius 1 is 1.17 bits per heavy atom. The van der Waals surface area contributed by atoms with Gasteiger partial charge in [-0.2, -0.15) is 0 Å². The van der Waals surface area contributed by atoms with Crippen molar-refractivity contribution >= 4 is 11.7 Å². The second-order valence-electron chi connectivity index (χ2n) is 3.38. The monoisotopic (exact) mass is 245 g/mol. The molecule has 0 atom stereocenters. The number of rotatable bonds is 3. The average Bonchev–Trinajstić information content (AvgIpc) is 2.39. The second-order valence-corrected chi connectivity index (χ2v) is 3.38. The van der Waals surface area contributed by atoms with Crippen molar-refractivity contribution in [3.05, 3.63) is 52.2 Å². The van der Waals surface area contributed by atoms with Crippen molar-refractivity contribution in [1.82, 2.24) is 10.2 Å². The Bertz CT molecular complexity index is 610. The van der Waals surface area contributed by atoms with E-state index in [-0.39, 0.29) is 17.1 Å². The second kappa shape index (κ2) is 4.58. The highest BCUT2D eigenvalue weighted by molar-refractivity contribution is 5.85. The first-order valence-corrected chi connectivity index (χ1v) is 4.90. The summed E-state index contributed by atoms with van der Waals surface area (Å²) in [5.74, 6) is -1.20. The SMILES string of the molecule is O=C(O)c1ccc(-c2ccccc2[N+](=O)[O-])nn1. The smallest absolute Gasteiger partial charge is 0.356 e. The maximum Gasteiger partial charge on any atom is 0.356 e. The third kappa shape index (κ3) is 2.14. The Labute approximate surface area is 101 Å². The van der Waals surface area contributed by atoms with E-state index in [0.717, 1.165) is 0 Å². The lowest BCUT2D eigenvalue weighted by atomic mass is 10.1. The van der Waals surface area contributed by atoms with E-state index in [1.165, 1.54) is 24.3 Å². The van der Waals surface area contributed by atoms with Crippen LogP contribution in [-0.4, -0.2) is 26.2 Å². The minimum Gasteiger partial charge on any atom is -0.476 e. The molecule has 1 N–H and O–H groups in total. The molecule has 0 radical (unpaired) electrons. The molecule has 1 aromatic heterocycles. The van der Waals surface area contributed by atoms with Crippen LogP contribution >= 0.6 is 0 Å². The van der Waals surface area contributed by atoms with Gasteiger partial charge in [-0.05, 0) is 18.2 Å². The van der Waals surface area contributed by atoms with Gasteiger partial charge in [0.25, 0.3) is 5.69 Å². The van der Waals surface area contributed by atoms with Crippen LogP contribution in [-0.2, 0) is 0 Å². The lowest BCUT2D eigenvalue weighted by Crippen LogP contribution is -2.02. The average molecular weight is 245 g/mol. The molecule has 0 aliphatic rings. The Balaban J connectivity index is 2.49. The number of carboxylic acid groups (broad SMARTS) is 1. The Kier molecular flexibility index (Phi) is 2.96. The van der Waals surface area contributed by atoms with Crippen LogP contribution in [0.4, 0.5) is 5.69 Å². The molecule has 0 unspecified atom stereocenters. The van der Waals surface area contributed by atoms with Crippen molar-refractivity contribution in [2.24, 2.45) is 0 Å². The number of carboxylic acids is 1. The molecule has 2 aromatic rings. The highest BCUT2D eigenvalue weighted by Crippen LogP contribution is 2.27. The van der Waals surface area contributed by atoms with Gasteiger partial charge in [0.05, 0.1) is 16.2 Å². The number of nitrogens with zero attached hydrogens (tertiary/aromatic N) is 3. The van der Waals surface area contributed by atoms with E-state index < -0.39 is 10.9 Å². The zero-order chi connectivity index (χ0) is 13.1. The number of nitro benzene ring substituents is 1.